The fraction of sp³-hybridized carbons (Fsp3) is 0.158. The maximum atomic E-state index is 12.7. The summed E-state index contributed by atoms with van der Waals surface area (Å²) in [6, 6.07) is 11.8. The molecule has 5 nitrogen and oxygen atoms in total. The van der Waals surface area contributed by atoms with E-state index in [0.29, 0.717) is 15.7 Å². The molecule has 4 N–H and O–H groups in total. The number of carbonyl (C=O) groups excluding carboxylic acids is 2. The summed E-state index contributed by atoms with van der Waals surface area (Å²) >= 11 is 12.0. The Bertz CT molecular complexity index is 941. The molecule has 0 aliphatic rings. The highest BCUT2D eigenvalue weighted by atomic mass is 35.5. The van der Waals surface area contributed by atoms with E-state index in [1.54, 1.807) is 36.4 Å². The van der Waals surface area contributed by atoms with Crippen LogP contribution >= 0.6 is 23.2 Å². The van der Waals surface area contributed by atoms with Gasteiger partial charge in [-0.3, -0.25) is 9.59 Å². The smallest absolute Gasteiger partial charge is 0.268 e. The van der Waals surface area contributed by atoms with Crippen LogP contribution in [-0.4, -0.2) is 16.8 Å². The zero-order valence-corrected chi connectivity index (χ0v) is 15.5. The van der Waals surface area contributed by atoms with Crippen LogP contribution in [0.5, 0.6) is 0 Å². The second-order valence-corrected chi connectivity index (χ2v) is 6.96. The van der Waals surface area contributed by atoms with E-state index in [1.807, 2.05) is 13.0 Å². The van der Waals surface area contributed by atoms with Crippen molar-refractivity contribution in [1.82, 2.24) is 10.3 Å². The molecule has 26 heavy (non-hydrogen) atoms. The van der Waals surface area contributed by atoms with Gasteiger partial charge in [-0.1, -0.05) is 35.3 Å². The van der Waals surface area contributed by atoms with Crippen molar-refractivity contribution in [2.75, 3.05) is 0 Å². The van der Waals surface area contributed by atoms with E-state index in [9.17, 15) is 9.59 Å². The lowest BCUT2D eigenvalue weighted by atomic mass is 10.0. The highest BCUT2D eigenvalue weighted by Gasteiger charge is 2.19. The highest BCUT2D eigenvalue weighted by Crippen LogP contribution is 2.25. The van der Waals surface area contributed by atoms with Crippen LogP contribution in [0, 0.1) is 6.92 Å². The van der Waals surface area contributed by atoms with Crippen LogP contribution in [0.15, 0.2) is 42.5 Å². The Hall–Kier alpha value is -2.50. The molecule has 3 rings (SSSR count). The van der Waals surface area contributed by atoms with Gasteiger partial charge >= 0.3 is 0 Å². The highest BCUT2D eigenvalue weighted by molar-refractivity contribution is 6.32. The predicted octanol–water partition coefficient (Wildman–Crippen LogP) is 4.13. The topological polar surface area (TPSA) is 88.0 Å². The van der Waals surface area contributed by atoms with Crippen LogP contribution in [0.2, 0.25) is 10.0 Å². The van der Waals surface area contributed by atoms with E-state index in [-0.39, 0.29) is 12.3 Å². The van der Waals surface area contributed by atoms with Gasteiger partial charge in [0.05, 0.1) is 12.5 Å². The molecule has 0 unspecified atom stereocenters. The second-order valence-electron chi connectivity index (χ2n) is 6.12. The summed E-state index contributed by atoms with van der Waals surface area (Å²) in [6.07, 6.45) is -0.0153. The number of aromatic nitrogens is 1. The molecular weight excluding hydrogens is 373 g/mol. The Morgan fingerprint density at radius 1 is 1.15 bits per heavy atom. The number of primary amides is 1. The van der Waals surface area contributed by atoms with Crippen molar-refractivity contribution in [2.24, 2.45) is 5.73 Å². The third-order valence-corrected chi connectivity index (χ3v) is 4.79. The molecule has 3 aromatic rings. The molecule has 0 radical (unpaired) electrons. The lowest BCUT2D eigenvalue weighted by Crippen LogP contribution is -2.32. The minimum atomic E-state index is -0.547. The van der Waals surface area contributed by atoms with E-state index < -0.39 is 11.9 Å². The van der Waals surface area contributed by atoms with Crippen molar-refractivity contribution in [3.8, 4) is 0 Å². The Kier molecular flexibility index (Phi) is 5.20. The summed E-state index contributed by atoms with van der Waals surface area (Å²) in [4.78, 5) is 27.1. The zero-order chi connectivity index (χ0) is 18.8. The number of benzene rings is 2. The van der Waals surface area contributed by atoms with Crippen molar-refractivity contribution in [3.05, 3.63) is 69.3 Å². The number of carbonyl (C=O) groups is 2. The number of hydrogen-bond acceptors (Lipinski definition) is 2. The van der Waals surface area contributed by atoms with Gasteiger partial charge in [-0.25, -0.2) is 0 Å². The molecular formula is C19H17Cl2N3O2. The first-order chi connectivity index (χ1) is 12.3. The summed E-state index contributed by atoms with van der Waals surface area (Å²) in [7, 11) is 0. The largest absolute Gasteiger partial charge is 0.370 e. The van der Waals surface area contributed by atoms with Crippen LogP contribution in [0.1, 0.15) is 34.1 Å². The molecule has 1 atom stereocenters. The van der Waals surface area contributed by atoms with Gasteiger partial charge in [0.2, 0.25) is 5.91 Å². The average molecular weight is 390 g/mol. The Morgan fingerprint density at radius 3 is 2.50 bits per heavy atom. The van der Waals surface area contributed by atoms with Gasteiger partial charge in [0.25, 0.3) is 5.91 Å². The lowest BCUT2D eigenvalue weighted by Gasteiger charge is -2.17. The number of fused-ring (bicyclic) bond motifs is 1. The number of aryl methyl sites for hydroxylation is 1. The fourth-order valence-corrected chi connectivity index (χ4v) is 3.06. The Balaban J connectivity index is 1.87. The van der Waals surface area contributed by atoms with Gasteiger partial charge in [0.15, 0.2) is 0 Å². The van der Waals surface area contributed by atoms with Gasteiger partial charge in [-0.05, 0) is 48.4 Å². The van der Waals surface area contributed by atoms with Crippen molar-refractivity contribution in [3.63, 3.8) is 0 Å². The maximum absolute atomic E-state index is 12.7. The molecule has 7 heteroatoms. The molecule has 0 aliphatic carbocycles. The van der Waals surface area contributed by atoms with E-state index in [0.717, 1.165) is 22.0 Å². The quantitative estimate of drug-likeness (QED) is 0.612. The SMILES string of the molecule is Cc1cc2cc(C(=O)N[C@H](CC(N)=O)c3ccc(Cl)cc3)[nH]c2cc1Cl. The number of aromatic amines is 1. The fourth-order valence-electron chi connectivity index (χ4n) is 2.77. The van der Waals surface area contributed by atoms with Crippen molar-refractivity contribution < 1.29 is 9.59 Å². The molecule has 0 aliphatic heterocycles. The van der Waals surface area contributed by atoms with Gasteiger partial charge in [0, 0.05) is 20.9 Å². The van der Waals surface area contributed by atoms with E-state index in [2.05, 4.69) is 10.3 Å². The first-order valence-electron chi connectivity index (χ1n) is 7.97. The number of rotatable bonds is 5. The Labute approximate surface area is 160 Å². The first-order valence-corrected chi connectivity index (χ1v) is 8.72. The summed E-state index contributed by atoms with van der Waals surface area (Å²) in [5.74, 6) is -0.847. The molecule has 1 heterocycles. The molecule has 0 spiro atoms. The second kappa shape index (κ2) is 7.40. The third-order valence-electron chi connectivity index (χ3n) is 4.13. The molecule has 0 fully saturated rings. The summed E-state index contributed by atoms with van der Waals surface area (Å²) in [5.41, 5.74) is 8.15. The molecule has 134 valence electrons. The van der Waals surface area contributed by atoms with Crippen LogP contribution in [0.3, 0.4) is 0 Å². The van der Waals surface area contributed by atoms with Crippen molar-refractivity contribution >= 4 is 45.9 Å². The van der Waals surface area contributed by atoms with E-state index in [4.69, 9.17) is 28.9 Å². The average Bonchev–Trinajstić information content (AvgIpc) is 2.98. The van der Waals surface area contributed by atoms with Crippen LogP contribution in [0.25, 0.3) is 10.9 Å². The first kappa shape index (κ1) is 18.3. The van der Waals surface area contributed by atoms with Gasteiger partial charge < -0.3 is 16.0 Å². The Morgan fingerprint density at radius 2 is 1.85 bits per heavy atom. The summed E-state index contributed by atoms with van der Waals surface area (Å²) in [5, 5.41) is 4.92. The van der Waals surface area contributed by atoms with Crippen molar-refractivity contribution in [1.29, 1.82) is 0 Å². The zero-order valence-electron chi connectivity index (χ0n) is 14.0. The normalized spacial score (nSPS) is 12.1. The van der Waals surface area contributed by atoms with Gasteiger partial charge in [-0.2, -0.15) is 0 Å². The lowest BCUT2D eigenvalue weighted by molar-refractivity contribution is -0.118. The standard InChI is InChI=1S/C19H17Cl2N3O2/c1-10-6-12-7-17(23-15(12)8-14(10)21)19(26)24-16(9-18(22)25)11-2-4-13(20)5-3-11/h2-8,16,23H,9H2,1H3,(H2,22,25)(H,24,26)/t16-/m1/s1. The van der Waals surface area contributed by atoms with Crippen LogP contribution in [-0.2, 0) is 4.79 Å². The molecule has 0 saturated heterocycles. The molecule has 2 amide bonds. The summed E-state index contributed by atoms with van der Waals surface area (Å²) in [6.45, 7) is 1.90. The van der Waals surface area contributed by atoms with Crippen molar-refractivity contribution in [2.45, 2.75) is 19.4 Å². The van der Waals surface area contributed by atoms with Crippen LogP contribution in [0.4, 0.5) is 0 Å². The van der Waals surface area contributed by atoms with Crippen LogP contribution < -0.4 is 11.1 Å². The molecule has 2 aromatic carbocycles. The number of H-pyrrole nitrogens is 1. The number of nitrogens with two attached hydrogens (primary N) is 1. The molecule has 1 aromatic heterocycles. The predicted molar refractivity (Wildman–Crippen MR) is 104 cm³/mol. The monoisotopic (exact) mass is 389 g/mol. The number of nitrogens with one attached hydrogen (secondary N) is 2. The van der Waals surface area contributed by atoms with Gasteiger partial charge in [0.1, 0.15) is 5.69 Å². The molecule has 0 saturated carbocycles. The maximum Gasteiger partial charge on any atom is 0.268 e. The third kappa shape index (κ3) is 4.00. The summed E-state index contributed by atoms with van der Waals surface area (Å²) < 4.78 is 0. The minimum absolute atomic E-state index is 0.0153. The number of hydrogen-bond donors (Lipinski definition) is 3. The van der Waals surface area contributed by atoms with Gasteiger partial charge in [-0.15, -0.1) is 0 Å². The van der Waals surface area contributed by atoms with E-state index >= 15 is 0 Å². The molecule has 0 bridgehead atoms. The van der Waals surface area contributed by atoms with E-state index in [1.165, 1.54) is 0 Å². The minimum Gasteiger partial charge on any atom is -0.370 e. The number of halogens is 2. The number of amides is 2.